The molecule has 0 fully saturated rings. The number of halogens is 1. The largest absolute Gasteiger partial charge is 0.386 e. The van der Waals surface area contributed by atoms with E-state index in [9.17, 15) is 34.1 Å². The molecule has 0 heterocycles. The van der Waals surface area contributed by atoms with Crippen molar-refractivity contribution in [3.05, 3.63) is 71.8 Å². The van der Waals surface area contributed by atoms with E-state index in [-0.39, 0.29) is 17.4 Å². The maximum Gasteiger partial charge on any atom is 0.201 e. The number of hydrogen-bond donors (Lipinski definition) is 3. The highest BCUT2D eigenvalue weighted by Crippen LogP contribution is 2.34. The number of carbonyl (C=O) groups is 3. The molecule has 1 unspecified atom stereocenters. The van der Waals surface area contributed by atoms with Crippen LogP contribution in [0.15, 0.2) is 60.7 Å². The number of carbonyl (C=O) groups excluding carboxylic acids is 3. The molecule has 3 N–H and O–H groups in total. The second-order valence-corrected chi connectivity index (χ2v) is 6.27. The lowest BCUT2D eigenvalue weighted by atomic mass is 9.73. The molecule has 27 heavy (non-hydrogen) atoms. The minimum atomic E-state index is -3.39. The van der Waals surface area contributed by atoms with Crippen LogP contribution >= 0.6 is 0 Å². The summed E-state index contributed by atoms with van der Waals surface area (Å²) in [4.78, 5) is 36.3. The van der Waals surface area contributed by atoms with Gasteiger partial charge in [-0.1, -0.05) is 60.7 Å². The SMILES string of the molecule is C[C@](F)(C=O)[C@@](O)(C(=O)c1ccccc1)[C@H](O)C(O)C(=O)c1ccccc1. The number of hydrogen-bond acceptors (Lipinski definition) is 6. The van der Waals surface area contributed by atoms with Crippen LogP contribution in [0, 0.1) is 0 Å². The summed E-state index contributed by atoms with van der Waals surface area (Å²) in [5, 5.41) is 31.4. The Balaban J connectivity index is 2.49. The fraction of sp³-hybridized carbons (Fsp3) is 0.250. The zero-order valence-electron chi connectivity index (χ0n) is 14.4. The first-order valence-corrected chi connectivity index (χ1v) is 8.09. The summed E-state index contributed by atoms with van der Waals surface area (Å²) in [7, 11) is 0. The Hall–Kier alpha value is -2.74. The summed E-state index contributed by atoms with van der Waals surface area (Å²) in [6.45, 7) is 0.587. The van der Waals surface area contributed by atoms with Crippen molar-refractivity contribution in [3.63, 3.8) is 0 Å². The van der Waals surface area contributed by atoms with E-state index in [1.165, 1.54) is 48.5 Å². The highest BCUT2D eigenvalue weighted by molar-refractivity contribution is 6.07. The molecule has 0 amide bonds. The number of Topliss-reactive ketones (excluding diaryl/α,β-unsaturated/α-hetero) is 2. The molecular weight excluding hydrogens is 355 g/mol. The van der Waals surface area contributed by atoms with Crippen molar-refractivity contribution in [2.45, 2.75) is 30.4 Å². The highest BCUT2D eigenvalue weighted by atomic mass is 19.1. The van der Waals surface area contributed by atoms with E-state index < -0.39 is 35.0 Å². The van der Waals surface area contributed by atoms with Crippen molar-refractivity contribution in [1.82, 2.24) is 0 Å². The van der Waals surface area contributed by atoms with Gasteiger partial charge in [0.05, 0.1) is 0 Å². The van der Waals surface area contributed by atoms with Crippen LogP contribution in [0.25, 0.3) is 0 Å². The lowest BCUT2D eigenvalue weighted by molar-refractivity contribution is -0.162. The third-order valence-electron chi connectivity index (χ3n) is 4.40. The van der Waals surface area contributed by atoms with Gasteiger partial charge < -0.3 is 15.3 Å². The number of ketones is 2. The van der Waals surface area contributed by atoms with Gasteiger partial charge in [-0.2, -0.15) is 0 Å². The van der Waals surface area contributed by atoms with Gasteiger partial charge in [0.2, 0.25) is 11.5 Å². The molecule has 0 radical (unpaired) electrons. The topological polar surface area (TPSA) is 112 Å². The molecule has 0 aliphatic carbocycles. The minimum absolute atomic E-state index is 0.0229. The van der Waals surface area contributed by atoms with Gasteiger partial charge in [-0.05, 0) is 6.92 Å². The summed E-state index contributed by atoms with van der Waals surface area (Å²) < 4.78 is 14.9. The van der Waals surface area contributed by atoms with Crippen LogP contribution in [0.2, 0.25) is 0 Å². The first kappa shape index (κ1) is 20.6. The van der Waals surface area contributed by atoms with Gasteiger partial charge in [0.25, 0.3) is 0 Å². The molecule has 2 aromatic carbocycles. The fourth-order valence-corrected chi connectivity index (χ4v) is 2.69. The molecular formula is C20H19FO6. The Morgan fingerprint density at radius 1 is 0.963 bits per heavy atom. The van der Waals surface area contributed by atoms with Crippen LogP contribution in [0.5, 0.6) is 0 Å². The molecule has 0 aliphatic heterocycles. The average Bonchev–Trinajstić information content (AvgIpc) is 2.72. The lowest BCUT2D eigenvalue weighted by Gasteiger charge is -2.39. The minimum Gasteiger partial charge on any atom is -0.386 e. The molecule has 2 aromatic rings. The molecule has 0 aromatic heterocycles. The van der Waals surface area contributed by atoms with E-state index in [1.54, 1.807) is 12.1 Å². The van der Waals surface area contributed by atoms with Crippen molar-refractivity contribution in [2.75, 3.05) is 0 Å². The average molecular weight is 374 g/mol. The van der Waals surface area contributed by atoms with E-state index in [0.717, 1.165) is 0 Å². The van der Waals surface area contributed by atoms with Gasteiger partial charge in [-0.15, -0.1) is 0 Å². The number of rotatable bonds is 8. The van der Waals surface area contributed by atoms with Gasteiger partial charge in [-0.3, -0.25) is 14.4 Å². The highest BCUT2D eigenvalue weighted by Gasteiger charge is 2.61. The Bertz CT molecular complexity index is 821. The Morgan fingerprint density at radius 2 is 1.41 bits per heavy atom. The van der Waals surface area contributed by atoms with Crippen LogP contribution in [0.1, 0.15) is 27.6 Å². The fourth-order valence-electron chi connectivity index (χ4n) is 2.69. The van der Waals surface area contributed by atoms with Crippen molar-refractivity contribution in [1.29, 1.82) is 0 Å². The van der Waals surface area contributed by atoms with Crippen LogP contribution in [-0.2, 0) is 4.79 Å². The Morgan fingerprint density at radius 3 is 1.85 bits per heavy atom. The third-order valence-corrected chi connectivity index (χ3v) is 4.40. The second kappa shape index (κ2) is 7.87. The van der Waals surface area contributed by atoms with Crippen LogP contribution in [0.3, 0.4) is 0 Å². The molecule has 4 atom stereocenters. The summed E-state index contributed by atoms with van der Waals surface area (Å²) in [5.41, 5.74) is -6.90. The number of aldehydes is 1. The van der Waals surface area contributed by atoms with Crippen molar-refractivity contribution in [3.8, 4) is 0 Å². The van der Waals surface area contributed by atoms with Gasteiger partial charge in [0.1, 0.15) is 12.2 Å². The van der Waals surface area contributed by atoms with E-state index in [4.69, 9.17) is 0 Å². The van der Waals surface area contributed by atoms with Crippen LogP contribution in [0.4, 0.5) is 4.39 Å². The number of benzene rings is 2. The molecule has 0 saturated carbocycles. The van der Waals surface area contributed by atoms with E-state index in [2.05, 4.69) is 0 Å². The zero-order valence-corrected chi connectivity index (χ0v) is 14.4. The molecule has 2 rings (SSSR count). The van der Waals surface area contributed by atoms with Gasteiger partial charge in [0, 0.05) is 11.1 Å². The molecule has 0 aliphatic rings. The number of aliphatic hydroxyl groups is 3. The smallest absolute Gasteiger partial charge is 0.201 e. The predicted molar refractivity (Wildman–Crippen MR) is 94.1 cm³/mol. The quantitative estimate of drug-likeness (QED) is 0.472. The summed E-state index contributed by atoms with van der Waals surface area (Å²) in [6, 6.07) is 14.2. The first-order valence-electron chi connectivity index (χ1n) is 8.09. The Kier molecular flexibility index (Phi) is 6.00. The molecule has 0 bridgehead atoms. The summed E-state index contributed by atoms with van der Waals surface area (Å²) in [6.07, 6.45) is -5.30. The molecule has 7 heteroatoms. The van der Waals surface area contributed by atoms with Crippen molar-refractivity contribution in [2.24, 2.45) is 0 Å². The third kappa shape index (κ3) is 3.71. The van der Waals surface area contributed by atoms with Crippen LogP contribution < -0.4 is 0 Å². The number of alkyl halides is 1. The number of aliphatic hydroxyl groups excluding tert-OH is 2. The maximum atomic E-state index is 14.9. The normalized spacial score (nSPS) is 17.8. The van der Waals surface area contributed by atoms with Crippen LogP contribution in [-0.4, -0.2) is 56.6 Å². The monoisotopic (exact) mass is 374 g/mol. The standard InChI is InChI=1S/C20H19FO6/c1-19(21,12-22)20(27,17(25)14-10-6-3-7-11-14)18(26)16(24)15(23)13-8-4-2-5-9-13/h2-12,16,18,24,26-27H,1H3/t16?,18-,19+,20-/m1/s1. The lowest BCUT2D eigenvalue weighted by Crippen LogP contribution is -2.67. The van der Waals surface area contributed by atoms with Gasteiger partial charge >= 0.3 is 0 Å². The van der Waals surface area contributed by atoms with E-state index >= 15 is 0 Å². The summed E-state index contributed by atoms with van der Waals surface area (Å²) in [5.74, 6) is -2.38. The van der Waals surface area contributed by atoms with Gasteiger partial charge in [0.15, 0.2) is 17.7 Å². The summed E-state index contributed by atoms with van der Waals surface area (Å²) >= 11 is 0. The van der Waals surface area contributed by atoms with E-state index in [1.807, 2.05) is 0 Å². The van der Waals surface area contributed by atoms with E-state index in [0.29, 0.717) is 6.92 Å². The molecule has 6 nitrogen and oxygen atoms in total. The van der Waals surface area contributed by atoms with Crippen molar-refractivity contribution >= 4 is 17.9 Å². The molecule has 0 saturated heterocycles. The predicted octanol–water partition coefficient (Wildman–Crippen LogP) is 1.13. The van der Waals surface area contributed by atoms with Gasteiger partial charge in [-0.25, -0.2) is 4.39 Å². The van der Waals surface area contributed by atoms with Crippen molar-refractivity contribution < 1.29 is 34.1 Å². The maximum absolute atomic E-state index is 14.9. The molecule has 0 spiro atoms. The Labute approximate surface area is 154 Å². The first-order chi connectivity index (χ1) is 12.7. The molecule has 142 valence electrons. The zero-order chi connectivity index (χ0) is 20.2. The second-order valence-electron chi connectivity index (χ2n) is 6.27.